The number of aromatic hydroxyl groups is 2. The van der Waals surface area contributed by atoms with Gasteiger partial charge in [0.05, 0.1) is 11.4 Å². The third-order valence-corrected chi connectivity index (χ3v) is 3.91. The van der Waals surface area contributed by atoms with Gasteiger partial charge in [-0.1, -0.05) is 18.2 Å². The molecule has 1 atom stereocenters. The van der Waals surface area contributed by atoms with Crippen LogP contribution in [0.5, 0.6) is 11.5 Å². The number of aryl methyl sites for hydroxylation is 1. The van der Waals surface area contributed by atoms with Crippen LogP contribution < -0.4 is 5.32 Å². The fraction of sp³-hybridized carbons (Fsp3) is 0.118. The summed E-state index contributed by atoms with van der Waals surface area (Å²) in [6.07, 6.45) is -0.320. The van der Waals surface area contributed by atoms with Crippen LogP contribution >= 0.6 is 0 Å². The number of rotatable bonds is 1. The Kier molecular flexibility index (Phi) is 2.63. The maximum atomic E-state index is 10.2. The highest BCUT2D eigenvalue weighted by Gasteiger charge is 2.27. The van der Waals surface area contributed by atoms with Crippen molar-refractivity contribution in [2.75, 3.05) is 5.32 Å². The van der Waals surface area contributed by atoms with Gasteiger partial charge in [-0.05, 0) is 31.2 Å². The van der Waals surface area contributed by atoms with Gasteiger partial charge in [0.15, 0.2) is 6.17 Å². The minimum absolute atomic E-state index is 0.0364. The molecule has 1 aromatic heterocycles. The van der Waals surface area contributed by atoms with Crippen molar-refractivity contribution in [1.82, 2.24) is 9.78 Å². The smallest absolute Gasteiger partial charge is 0.150 e. The Balaban J connectivity index is 1.92. The SMILES string of the molecule is Cc1cc2n(n1)C(c1ccc(O)cc1O)Nc1ccccc1-2. The molecule has 1 unspecified atom stereocenters. The van der Waals surface area contributed by atoms with Crippen molar-refractivity contribution in [2.45, 2.75) is 13.1 Å². The normalized spacial score (nSPS) is 15.8. The zero-order valence-corrected chi connectivity index (χ0v) is 12.0. The lowest BCUT2D eigenvalue weighted by atomic mass is 10.0. The Bertz CT molecular complexity index is 870. The largest absolute Gasteiger partial charge is 0.508 e. The topological polar surface area (TPSA) is 70.3 Å². The van der Waals surface area contributed by atoms with Crippen LogP contribution in [-0.4, -0.2) is 20.0 Å². The fourth-order valence-corrected chi connectivity index (χ4v) is 2.93. The molecule has 3 aromatic rings. The van der Waals surface area contributed by atoms with Crippen molar-refractivity contribution in [2.24, 2.45) is 0 Å². The highest BCUT2D eigenvalue weighted by Crippen LogP contribution is 2.40. The zero-order chi connectivity index (χ0) is 15.3. The molecule has 4 rings (SSSR count). The van der Waals surface area contributed by atoms with E-state index in [-0.39, 0.29) is 17.7 Å². The minimum atomic E-state index is -0.320. The Morgan fingerprint density at radius 3 is 2.73 bits per heavy atom. The summed E-state index contributed by atoms with van der Waals surface area (Å²) in [6, 6.07) is 14.7. The molecule has 0 radical (unpaired) electrons. The molecule has 1 aliphatic rings. The van der Waals surface area contributed by atoms with Crippen LogP contribution in [0.15, 0.2) is 48.5 Å². The number of benzene rings is 2. The average Bonchev–Trinajstić information content (AvgIpc) is 2.88. The maximum absolute atomic E-state index is 10.2. The number of fused-ring (bicyclic) bond motifs is 3. The van der Waals surface area contributed by atoms with Gasteiger partial charge < -0.3 is 15.5 Å². The van der Waals surface area contributed by atoms with Gasteiger partial charge in [0, 0.05) is 22.9 Å². The Hall–Kier alpha value is -2.95. The molecular formula is C17H15N3O2. The van der Waals surface area contributed by atoms with E-state index in [4.69, 9.17) is 0 Å². The third-order valence-electron chi connectivity index (χ3n) is 3.91. The standard InChI is InChI=1S/C17H15N3O2/c1-10-8-15-12-4-2-3-5-14(12)18-17(20(15)19-10)13-7-6-11(21)9-16(13)22/h2-9,17-18,21-22H,1H3. The van der Waals surface area contributed by atoms with Crippen LogP contribution in [0, 0.1) is 6.92 Å². The molecule has 2 heterocycles. The number of hydrogen-bond acceptors (Lipinski definition) is 4. The van der Waals surface area contributed by atoms with Crippen molar-refractivity contribution < 1.29 is 10.2 Å². The predicted molar refractivity (Wildman–Crippen MR) is 83.9 cm³/mol. The van der Waals surface area contributed by atoms with E-state index in [1.807, 2.05) is 41.9 Å². The predicted octanol–water partition coefficient (Wildman–Crippen LogP) is 3.24. The van der Waals surface area contributed by atoms with E-state index in [9.17, 15) is 10.2 Å². The molecule has 0 saturated heterocycles. The molecule has 0 fully saturated rings. The summed E-state index contributed by atoms with van der Waals surface area (Å²) >= 11 is 0. The molecule has 2 aromatic carbocycles. The number of hydrogen-bond donors (Lipinski definition) is 3. The van der Waals surface area contributed by atoms with Gasteiger partial charge in [-0.15, -0.1) is 0 Å². The van der Waals surface area contributed by atoms with Gasteiger partial charge in [0.1, 0.15) is 11.5 Å². The van der Waals surface area contributed by atoms with E-state index in [1.165, 1.54) is 6.07 Å². The Morgan fingerprint density at radius 2 is 1.91 bits per heavy atom. The third kappa shape index (κ3) is 1.83. The molecular weight excluding hydrogens is 278 g/mol. The number of nitrogens with one attached hydrogen (secondary N) is 1. The van der Waals surface area contributed by atoms with Crippen LogP contribution in [-0.2, 0) is 0 Å². The molecule has 0 saturated carbocycles. The van der Waals surface area contributed by atoms with Crippen LogP contribution in [0.2, 0.25) is 0 Å². The summed E-state index contributed by atoms with van der Waals surface area (Å²) in [6.45, 7) is 1.95. The van der Waals surface area contributed by atoms with Crippen molar-refractivity contribution in [3.63, 3.8) is 0 Å². The lowest BCUT2D eigenvalue weighted by Gasteiger charge is -2.29. The highest BCUT2D eigenvalue weighted by atomic mass is 16.3. The summed E-state index contributed by atoms with van der Waals surface area (Å²) in [5, 5.41) is 27.6. The molecule has 1 aliphatic heterocycles. The first-order valence-electron chi connectivity index (χ1n) is 7.07. The van der Waals surface area contributed by atoms with Crippen molar-refractivity contribution in [1.29, 1.82) is 0 Å². The number of aromatic nitrogens is 2. The lowest BCUT2D eigenvalue weighted by Crippen LogP contribution is -2.25. The molecule has 0 aliphatic carbocycles. The maximum Gasteiger partial charge on any atom is 0.150 e. The van der Waals surface area contributed by atoms with Gasteiger partial charge in [-0.3, -0.25) is 0 Å². The molecule has 5 nitrogen and oxygen atoms in total. The van der Waals surface area contributed by atoms with Gasteiger partial charge in [0.2, 0.25) is 0 Å². The summed E-state index contributed by atoms with van der Waals surface area (Å²) in [5.41, 5.74) is 4.66. The van der Waals surface area contributed by atoms with Crippen LogP contribution in [0.25, 0.3) is 11.3 Å². The van der Waals surface area contributed by atoms with E-state index >= 15 is 0 Å². The van der Waals surface area contributed by atoms with Crippen molar-refractivity contribution >= 4 is 5.69 Å². The second kappa shape index (κ2) is 4.53. The Morgan fingerprint density at radius 1 is 1.09 bits per heavy atom. The first-order chi connectivity index (χ1) is 10.6. The zero-order valence-electron chi connectivity index (χ0n) is 12.0. The van der Waals surface area contributed by atoms with Gasteiger partial charge in [0.25, 0.3) is 0 Å². The summed E-state index contributed by atoms with van der Waals surface area (Å²) in [4.78, 5) is 0. The molecule has 0 amide bonds. The second-order valence-corrected chi connectivity index (χ2v) is 5.45. The summed E-state index contributed by atoms with van der Waals surface area (Å²) < 4.78 is 1.86. The van der Waals surface area contributed by atoms with Gasteiger partial charge in [-0.25, -0.2) is 4.68 Å². The van der Waals surface area contributed by atoms with Crippen molar-refractivity contribution in [3.8, 4) is 22.8 Å². The molecule has 0 spiro atoms. The van der Waals surface area contributed by atoms with Crippen molar-refractivity contribution in [3.05, 3.63) is 59.8 Å². The molecule has 5 heteroatoms. The van der Waals surface area contributed by atoms with Gasteiger partial charge >= 0.3 is 0 Å². The first kappa shape index (κ1) is 12.8. The second-order valence-electron chi connectivity index (χ2n) is 5.45. The summed E-state index contributed by atoms with van der Waals surface area (Å²) in [5.74, 6) is 0.0744. The van der Waals surface area contributed by atoms with Crippen LogP contribution in [0.3, 0.4) is 0 Å². The quantitative estimate of drug-likeness (QED) is 0.644. The van der Waals surface area contributed by atoms with Crippen LogP contribution in [0.1, 0.15) is 17.4 Å². The fourth-order valence-electron chi connectivity index (χ4n) is 2.93. The number of nitrogens with zero attached hydrogens (tertiary/aromatic N) is 2. The van der Waals surface area contributed by atoms with Crippen LogP contribution in [0.4, 0.5) is 5.69 Å². The van der Waals surface area contributed by atoms with E-state index in [0.29, 0.717) is 5.56 Å². The van der Waals surface area contributed by atoms with Gasteiger partial charge in [-0.2, -0.15) is 5.10 Å². The molecule has 3 N–H and O–H groups in total. The minimum Gasteiger partial charge on any atom is -0.508 e. The number of anilines is 1. The van der Waals surface area contributed by atoms with E-state index < -0.39 is 0 Å². The number of phenols is 2. The number of para-hydroxylation sites is 1. The first-order valence-corrected chi connectivity index (χ1v) is 7.07. The lowest BCUT2D eigenvalue weighted by molar-refractivity contribution is 0.436. The molecule has 0 bridgehead atoms. The summed E-state index contributed by atoms with van der Waals surface area (Å²) in [7, 11) is 0. The van der Waals surface area contributed by atoms with E-state index in [1.54, 1.807) is 12.1 Å². The Labute approximate surface area is 127 Å². The highest BCUT2D eigenvalue weighted by molar-refractivity contribution is 5.78. The van der Waals surface area contributed by atoms with E-state index in [0.717, 1.165) is 22.6 Å². The van der Waals surface area contributed by atoms with E-state index in [2.05, 4.69) is 10.4 Å². The number of phenolic OH excluding ortho intramolecular Hbond substituents is 2. The molecule has 22 heavy (non-hydrogen) atoms. The average molecular weight is 293 g/mol. The monoisotopic (exact) mass is 293 g/mol. The molecule has 110 valence electrons.